The summed E-state index contributed by atoms with van der Waals surface area (Å²) in [6, 6.07) is 4.92. The predicted molar refractivity (Wildman–Crippen MR) is 51.6 cm³/mol. The van der Waals surface area contributed by atoms with E-state index in [4.69, 9.17) is 5.53 Å². The molecule has 0 amide bonds. The van der Waals surface area contributed by atoms with Crippen LogP contribution in [0.15, 0.2) is 35.7 Å². The van der Waals surface area contributed by atoms with Crippen molar-refractivity contribution in [2.75, 3.05) is 0 Å². The van der Waals surface area contributed by atoms with E-state index in [2.05, 4.69) is 15.2 Å². The molecule has 0 aliphatic rings. The van der Waals surface area contributed by atoms with Crippen LogP contribution in [-0.2, 0) is 0 Å². The van der Waals surface area contributed by atoms with Gasteiger partial charge in [-0.15, -0.1) is 0 Å². The lowest BCUT2D eigenvalue weighted by molar-refractivity contribution is 0.111. The van der Waals surface area contributed by atoms with E-state index in [0.29, 0.717) is 23.5 Å². The summed E-state index contributed by atoms with van der Waals surface area (Å²) in [5.74, 6) is 0.579. The molecular weight excluding hydrogens is 194 g/mol. The molecule has 2 aromatic heterocycles. The average Bonchev–Trinajstić information content (AvgIpc) is 2.78. The maximum Gasteiger partial charge on any atom is 0.170 e. The van der Waals surface area contributed by atoms with Gasteiger partial charge in [0.1, 0.15) is 11.4 Å². The molecule has 2 aromatic rings. The molecule has 2 rings (SSSR count). The second-order valence-electron chi connectivity index (χ2n) is 2.79. The van der Waals surface area contributed by atoms with Crippen LogP contribution in [0.2, 0.25) is 0 Å². The molecule has 0 aromatic carbocycles. The molecule has 0 bridgehead atoms. The van der Waals surface area contributed by atoms with Crippen molar-refractivity contribution in [1.82, 2.24) is 14.8 Å². The monoisotopic (exact) mass is 201 g/mol. The van der Waals surface area contributed by atoms with E-state index in [1.54, 1.807) is 24.4 Å². The summed E-state index contributed by atoms with van der Waals surface area (Å²) in [6.07, 6.45) is 3.78. The van der Waals surface area contributed by atoms with E-state index in [-0.39, 0.29) is 0 Å². The molecule has 74 valence electrons. The topological polar surface area (TPSA) is 84.0 Å². The highest BCUT2D eigenvalue weighted by atomic mass is 16.1. The quantitative estimate of drug-likeness (QED) is 0.606. The molecule has 0 aliphatic heterocycles. The maximum atomic E-state index is 10.4. The van der Waals surface area contributed by atoms with Gasteiger partial charge in [0.2, 0.25) is 0 Å². The van der Waals surface area contributed by atoms with E-state index in [1.807, 2.05) is 0 Å². The fourth-order valence-electron chi connectivity index (χ4n) is 1.11. The van der Waals surface area contributed by atoms with Crippen LogP contribution in [0.1, 0.15) is 10.5 Å². The van der Waals surface area contributed by atoms with Crippen LogP contribution in [0.25, 0.3) is 5.82 Å². The summed E-state index contributed by atoms with van der Waals surface area (Å²) >= 11 is 0. The predicted octanol–water partition coefficient (Wildman–Crippen LogP) is 1.74. The Balaban J connectivity index is 2.36. The number of hydrogen-bond acceptors (Lipinski definition) is 5. The number of rotatable bonds is 3. The van der Waals surface area contributed by atoms with Crippen LogP contribution >= 0.6 is 0 Å². The van der Waals surface area contributed by atoms with Crippen molar-refractivity contribution in [3.05, 3.63) is 36.3 Å². The normalized spacial score (nSPS) is 9.87. The van der Waals surface area contributed by atoms with Crippen molar-refractivity contribution in [3.63, 3.8) is 0 Å². The number of carbonyl (C=O) groups excluding carboxylic acids is 1. The van der Waals surface area contributed by atoms with Crippen molar-refractivity contribution in [1.29, 1.82) is 5.53 Å². The second-order valence-corrected chi connectivity index (χ2v) is 2.79. The smallest absolute Gasteiger partial charge is 0.170 e. The van der Waals surface area contributed by atoms with Crippen LogP contribution in [0.3, 0.4) is 0 Å². The van der Waals surface area contributed by atoms with Crippen LogP contribution in [-0.4, -0.2) is 21.1 Å². The molecule has 0 radical (unpaired) electrons. The van der Waals surface area contributed by atoms with E-state index in [0.717, 1.165) is 0 Å². The SMILES string of the molecule is N=Nc1ccc(-n2ccc(C=O)n2)nc1. The summed E-state index contributed by atoms with van der Waals surface area (Å²) in [5, 5.41) is 7.19. The molecule has 0 fully saturated rings. The van der Waals surface area contributed by atoms with E-state index < -0.39 is 0 Å². The Bertz CT molecular complexity index is 487. The molecule has 0 unspecified atom stereocenters. The van der Waals surface area contributed by atoms with Crippen LogP contribution in [0.5, 0.6) is 0 Å². The number of nitrogens with one attached hydrogen (secondary N) is 1. The fraction of sp³-hybridized carbons (Fsp3) is 0. The van der Waals surface area contributed by atoms with Crippen molar-refractivity contribution in [3.8, 4) is 5.82 Å². The molecule has 1 N–H and O–H groups in total. The van der Waals surface area contributed by atoms with Crippen molar-refractivity contribution in [2.45, 2.75) is 0 Å². The van der Waals surface area contributed by atoms with Gasteiger partial charge in [-0.3, -0.25) is 4.79 Å². The zero-order valence-electron chi connectivity index (χ0n) is 7.66. The second kappa shape index (κ2) is 3.79. The Labute approximate surface area is 85.1 Å². The molecule has 0 atom stereocenters. The van der Waals surface area contributed by atoms with Crippen LogP contribution < -0.4 is 0 Å². The molecule has 15 heavy (non-hydrogen) atoms. The standard InChI is InChI=1S/C9H7N5O/c10-12-7-1-2-9(11-5-7)14-4-3-8(6-15)13-14/h1-6,10H. The Kier molecular flexibility index (Phi) is 2.32. The lowest BCUT2D eigenvalue weighted by atomic mass is 10.4. The van der Waals surface area contributed by atoms with Gasteiger partial charge in [0, 0.05) is 6.20 Å². The summed E-state index contributed by atoms with van der Waals surface area (Å²) < 4.78 is 1.48. The van der Waals surface area contributed by atoms with Gasteiger partial charge in [-0.2, -0.15) is 10.2 Å². The number of aldehydes is 1. The Morgan fingerprint density at radius 3 is 2.80 bits per heavy atom. The van der Waals surface area contributed by atoms with E-state index in [1.165, 1.54) is 10.9 Å². The molecule has 2 heterocycles. The minimum Gasteiger partial charge on any atom is -0.296 e. The van der Waals surface area contributed by atoms with Gasteiger partial charge in [0.05, 0.1) is 6.20 Å². The molecular formula is C9H7N5O. The van der Waals surface area contributed by atoms with Gasteiger partial charge < -0.3 is 0 Å². The van der Waals surface area contributed by atoms with Crippen LogP contribution in [0, 0.1) is 5.53 Å². The van der Waals surface area contributed by atoms with E-state index >= 15 is 0 Å². The summed E-state index contributed by atoms with van der Waals surface area (Å²) in [7, 11) is 0. The summed E-state index contributed by atoms with van der Waals surface area (Å²) in [6.45, 7) is 0. The first-order valence-electron chi connectivity index (χ1n) is 4.18. The number of hydrogen-bond donors (Lipinski definition) is 1. The average molecular weight is 201 g/mol. The zero-order chi connectivity index (χ0) is 10.7. The Hall–Kier alpha value is -2.37. The van der Waals surface area contributed by atoms with Gasteiger partial charge in [-0.1, -0.05) is 0 Å². The van der Waals surface area contributed by atoms with E-state index in [9.17, 15) is 4.79 Å². The van der Waals surface area contributed by atoms with Gasteiger partial charge in [0.25, 0.3) is 0 Å². The minimum absolute atomic E-state index is 0.353. The minimum atomic E-state index is 0.353. The van der Waals surface area contributed by atoms with Gasteiger partial charge >= 0.3 is 0 Å². The molecule has 0 saturated heterocycles. The molecule has 0 spiro atoms. The number of aromatic nitrogens is 3. The third-order valence-corrected chi connectivity index (χ3v) is 1.83. The fourth-order valence-corrected chi connectivity index (χ4v) is 1.11. The molecule has 0 aliphatic carbocycles. The van der Waals surface area contributed by atoms with Gasteiger partial charge in [-0.25, -0.2) is 15.2 Å². The first-order valence-corrected chi connectivity index (χ1v) is 4.18. The Morgan fingerprint density at radius 2 is 2.27 bits per heavy atom. The van der Waals surface area contributed by atoms with Gasteiger partial charge in [-0.05, 0) is 18.2 Å². The number of carbonyl (C=O) groups is 1. The van der Waals surface area contributed by atoms with Gasteiger partial charge in [0.15, 0.2) is 12.1 Å². The molecule has 6 heteroatoms. The first kappa shape index (κ1) is 9.20. The summed E-state index contributed by atoms with van der Waals surface area (Å²) in [4.78, 5) is 14.5. The third kappa shape index (κ3) is 1.78. The number of nitrogens with zero attached hydrogens (tertiary/aromatic N) is 4. The summed E-state index contributed by atoms with van der Waals surface area (Å²) in [5.41, 5.74) is 7.60. The Morgan fingerprint density at radius 1 is 1.40 bits per heavy atom. The number of pyridine rings is 1. The largest absolute Gasteiger partial charge is 0.296 e. The van der Waals surface area contributed by atoms with Crippen LogP contribution in [0.4, 0.5) is 5.69 Å². The highest BCUT2D eigenvalue weighted by Gasteiger charge is 2.00. The lowest BCUT2D eigenvalue weighted by Gasteiger charge is -1.98. The van der Waals surface area contributed by atoms with Crippen molar-refractivity contribution >= 4 is 12.0 Å². The molecule has 6 nitrogen and oxygen atoms in total. The third-order valence-electron chi connectivity index (χ3n) is 1.83. The first-order chi connectivity index (χ1) is 7.33. The zero-order valence-corrected chi connectivity index (χ0v) is 7.66. The lowest BCUT2D eigenvalue weighted by Crippen LogP contribution is -1.97. The highest BCUT2D eigenvalue weighted by Crippen LogP contribution is 2.11. The molecule has 0 saturated carbocycles. The highest BCUT2D eigenvalue weighted by molar-refractivity contribution is 5.71. The maximum absolute atomic E-state index is 10.4. The van der Waals surface area contributed by atoms with Crippen molar-refractivity contribution < 1.29 is 4.79 Å². The van der Waals surface area contributed by atoms with Crippen molar-refractivity contribution in [2.24, 2.45) is 5.11 Å².